The fourth-order valence-electron chi connectivity index (χ4n) is 2.31. The maximum absolute atomic E-state index is 12.2. The molecule has 2 aromatic rings. The lowest BCUT2D eigenvalue weighted by molar-refractivity contribution is -0.142. The van der Waals surface area contributed by atoms with E-state index in [-0.39, 0.29) is 36.7 Å². The summed E-state index contributed by atoms with van der Waals surface area (Å²) in [6.45, 7) is -3.34. The molecule has 0 fully saturated rings. The van der Waals surface area contributed by atoms with Crippen LogP contribution in [0.3, 0.4) is 0 Å². The van der Waals surface area contributed by atoms with Crippen LogP contribution in [0.25, 0.3) is 0 Å². The Labute approximate surface area is 160 Å². The molecule has 0 aromatic heterocycles. The Morgan fingerprint density at radius 2 is 1.68 bits per heavy atom. The van der Waals surface area contributed by atoms with Crippen LogP contribution in [0.15, 0.2) is 54.6 Å². The summed E-state index contributed by atoms with van der Waals surface area (Å²) in [5.41, 5.74) is 0.665. The second kappa shape index (κ2) is 10.8. The van der Waals surface area contributed by atoms with Gasteiger partial charge in [0.15, 0.2) is 5.78 Å². The number of ketones is 1. The van der Waals surface area contributed by atoms with Gasteiger partial charge < -0.3 is 14.8 Å². The van der Waals surface area contributed by atoms with E-state index < -0.39 is 18.5 Å². The third kappa shape index (κ3) is 7.14. The molecule has 0 radical (unpaired) electrons. The minimum atomic E-state index is -3.00. The highest BCUT2D eigenvalue weighted by molar-refractivity contribution is 5.96. The fraction of sp³-hybridized carbons (Fsp3) is 0.250. The summed E-state index contributed by atoms with van der Waals surface area (Å²) in [5.74, 6) is -1.50. The number of hydrogen-bond donors (Lipinski definition) is 1. The molecule has 1 N–H and O–H groups in total. The van der Waals surface area contributed by atoms with Crippen LogP contribution in [0.2, 0.25) is 0 Å². The summed E-state index contributed by atoms with van der Waals surface area (Å²) >= 11 is 0. The summed E-state index contributed by atoms with van der Waals surface area (Å²) in [6, 6.07) is 14.0. The second-order valence-corrected chi connectivity index (χ2v) is 5.70. The van der Waals surface area contributed by atoms with Crippen LogP contribution in [0, 0.1) is 0 Å². The molecule has 148 valence electrons. The Hall–Kier alpha value is -3.29. The predicted molar refractivity (Wildman–Crippen MR) is 96.4 cm³/mol. The first-order chi connectivity index (χ1) is 13.5. The Bertz CT molecular complexity index is 811. The lowest BCUT2D eigenvalue weighted by Gasteiger charge is -2.08. The quantitative estimate of drug-likeness (QED) is 0.382. The largest absolute Gasteiger partial charge is 0.464 e. The lowest BCUT2D eigenvalue weighted by atomic mass is 10.1. The number of benzene rings is 2. The van der Waals surface area contributed by atoms with Gasteiger partial charge in [-0.05, 0) is 24.6 Å². The average Bonchev–Trinajstić information content (AvgIpc) is 2.69. The third-order valence-corrected chi connectivity index (χ3v) is 3.62. The van der Waals surface area contributed by atoms with Gasteiger partial charge in [0.2, 0.25) is 0 Å². The number of esters is 1. The molecule has 0 saturated carbocycles. The summed E-state index contributed by atoms with van der Waals surface area (Å²) in [7, 11) is 0. The Morgan fingerprint density at radius 3 is 2.39 bits per heavy atom. The molecule has 0 aliphatic carbocycles. The first kappa shape index (κ1) is 21.0. The topological polar surface area (TPSA) is 81.7 Å². The molecule has 6 nitrogen and oxygen atoms in total. The molecule has 0 aliphatic rings. The SMILES string of the molecule is O=C(CNC(=O)c1cccc(OC(F)F)c1)OCCCC(=O)c1ccccc1. The van der Waals surface area contributed by atoms with Gasteiger partial charge in [0.05, 0.1) is 6.61 Å². The van der Waals surface area contributed by atoms with Gasteiger partial charge in [0.25, 0.3) is 5.91 Å². The van der Waals surface area contributed by atoms with Crippen molar-refractivity contribution in [3.05, 3.63) is 65.7 Å². The highest BCUT2D eigenvalue weighted by Crippen LogP contribution is 2.15. The number of amides is 1. The van der Waals surface area contributed by atoms with Gasteiger partial charge in [-0.25, -0.2) is 0 Å². The monoisotopic (exact) mass is 391 g/mol. The molecule has 0 spiro atoms. The van der Waals surface area contributed by atoms with Gasteiger partial charge in [-0.1, -0.05) is 36.4 Å². The number of hydrogen-bond acceptors (Lipinski definition) is 5. The summed E-state index contributed by atoms with van der Waals surface area (Å²) < 4.78 is 33.6. The number of alkyl halides is 2. The zero-order valence-electron chi connectivity index (χ0n) is 14.9. The van der Waals surface area contributed by atoms with Crippen molar-refractivity contribution in [3.8, 4) is 5.75 Å². The van der Waals surface area contributed by atoms with E-state index >= 15 is 0 Å². The number of carbonyl (C=O) groups excluding carboxylic acids is 3. The molecule has 0 atom stereocenters. The highest BCUT2D eigenvalue weighted by atomic mass is 19.3. The molecule has 28 heavy (non-hydrogen) atoms. The van der Waals surface area contributed by atoms with E-state index in [4.69, 9.17) is 4.74 Å². The van der Waals surface area contributed by atoms with E-state index in [1.54, 1.807) is 24.3 Å². The molecule has 2 aromatic carbocycles. The van der Waals surface area contributed by atoms with Gasteiger partial charge in [0, 0.05) is 17.5 Å². The van der Waals surface area contributed by atoms with Gasteiger partial charge in [-0.3, -0.25) is 14.4 Å². The zero-order chi connectivity index (χ0) is 20.4. The predicted octanol–water partition coefficient (Wildman–Crippen LogP) is 3.22. The molecule has 0 unspecified atom stereocenters. The van der Waals surface area contributed by atoms with Crippen molar-refractivity contribution >= 4 is 17.7 Å². The van der Waals surface area contributed by atoms with E-state index in [0.29, 0.717) is 12.0 Å². The van der Waals surface area contributed by atoms with Crippen LogP contribution >= 0.6 is 0 Å². The van der Waals surface area contributed by atoms with Crippen molar-refractivity contribution in [2.45, 2.75) is 19.5 Å². The van der Waals surface area contributed by atoms with Crippen molar-refractivity contribution in [1.82, 2.24) is 5.32 Å². The average molecular weight is 391 g/mol. The van der Waals surface area contributed by atoms with Crippen LogP contribution in [0.5, 0.6) is 5.75 Å². The van der Waals surface area contributed by atoms with E-state index in [1.807, 2.05) is 6.07 Å². The standard InChI is InChI=1S/C20H19F2NO5/c21-20(22)28-16-9-4-8-15(12-16)19(26)23-13-18(25)27-11-5-10-17(24)14-6-2-1-3-7-14/h1-4,6-9,12,20H,5,10-11,13H2,(H,23,26). The molecular formula is C20H19F2NO5. The van der Waals surface area contributed by atoms with Crippen LogP contribution in [-0.2, 0) is 9.53 Å². The maximum atomic E-state index is 12.2. The maximum Gasteiger partial charge on any atom is 0.387 e. The lowest BCUT2D eigenvalue weighted by Crippen LogP contribution is -2.30. The van der Waals surface area contributed by atoms with E-state index in [9.17, 15) is 23.2 Å². The molecule has 1 amide bonds. The molecule has 0 heterocycles. The van der Waals surface area contributed by atoms with E-state index in [0.717, 1.165) is 6.07 Å². The second-order valence-electron chi connectivity index (χ2n) is 5.70. The Morgan fingerprint density at radius 1 is 0.964 bits per heavy atom. The van der Waals surface area contributed by atoms with Crippen molar-refractivity contribution in [1.29, 1.82) is 0 Å². The number of Topliss-reactive ketones (excluding diaryl/α,β-unsaturated/α-hetero) is 1. The highest BCUT2D eigenvalue weighted by Gasteiger charge is 2.12. The molecule has 0 bridgehead atoms. The van der Waals surface area contributed by atoms with Crippen LogP contribution < -0.4 is 10.1 Å². The first-order valence-electron chi connectivity index (χ1n) is 8.52. The smallest absolute Gasteiger partial charge is 0.387 e. The molecule has 2 rings (SSSR count). The number of nitrogens with one attached hydrogen (secondary N) is 1. The summed E-state index contributed by atoms with van der Waals surface area (Å²) in [5, 5.41) is 2.33. The number of carbonyl (C=O) groups is 3. The van der Waals surface area contributed by atoms with Crippen molar-refractivity contribution < 1.29 is 32.6 Å². The number of halogens is 2. The van der Waals surface area contributed by atoms with E-state index in [2.05, 4.69) is 10.1 Å². The minimum Gasteiger partial charge on any atom is -0.464 e. The van der Waals surface area contributed by atoms with Crippen LogP contribution in [0.1, 0.15) is 33.6 Å². The van der Waals surface area contributed by atoms with Gasteiger partial charge in [-0.2, -0.15) is 8.78 Å². The van der Waals surface area contributed by atoms with Gasteiger partial charge in [-0.15, -0.1) is 0 Å². The molecule has 0 saturated heterocycles. The fourth-order valence-corrected chi connectivity index (χ4v) is 2.31. The minimum absolute atomic E-state index is 0.0455. The van der Waals surface area contributed by atoms with Crippen LogP contribution in [0.4, 0.5) is 8.78 Å². The van der Waals surface area contributed by atoms with Gasteiger partial charge in [0.1, 0.15) is 12.3 Å². The third-order valence-electron chi connectivity index (χ3n) is 3.62. The number of ether oxygens (including phenoxy) is 2. The Balaban J connectivity index is 1.68. The van der Waals surface area contributed by atoms with Crippen molar-refractivity contribution in [3.63, 3.8) is 0 Å². The molecule has 8 heteroatoms. The van der Waals surface area contributed by atoms with Crippen LogP contribution in [-0.4, -0.2) is 37.4 Å². The summed E-state index contributed by atoms with van der Waals surface area (Å²) in [4.78, 5) is 35.5. The van der Waals surface area contributed by atoms with Gasteiger partial charge >= 0.3 is 12.6 Å². The first-order valence-corrected chi connectivity index (χ1v) is 8.52. The van der Waals surface area contributed by atoms with E-state index in [1.165, 1.54) is 18.2 Å². The zero-order valence-corrected chi connectivity index (χ0v) is 14.9. The molecule has 0 aliphatic heterocycles. The van der Waals surface area contributed by atoms with Crippen molar-refractivity contribution in [2.24, 2.45) is 0 Å². The molecular weight excluding hydrogens is 372 g/mol. The van der Waals surface area contributed by atoms with Crippen molar-refractivity contribution in [2.75, 3.05) is 13.2 Å². The summed E-state index contributed by atoms with van der Waals surface area (Å²) in [6.07, 6.45) is 0.598. The Kier molecular flexibility index (Phi) is 8.08. The normalized spacial score (nSPS) is 10.4. The number of rotatable bonds is 10.